The van der Waals surface area contributed by atoms with E-state index < -0.39 is 0 Å². The molecule has 0 aliphatic heterocycles. The minimum absolute atomic E-state index is 0.158. The third kappa shape index (κ3) is 4.25. The van der Waals surface area contributed by atoms with E-state index in [0.717, 1.165) is 42.6 Å². The number of unbranched alkanes of at least 4 members (excludes halogenated alkanes) is 3. The molecule has 0 saturated heterocycles. The second-order valence-corrected chi connectivity index (χ2v) is 5.63. The first-order chi connectivity index (χ1) is 10.3. The van der Waals surface area contributed by atoms with Crippen LogP contribution in [0.5, 0.6) is 0 Å². The maximum absolute atomic E-state index is 9.47. The SMILES string of the molecule is CCCCCC[C@@H](CO)NCC1=CCc2c(N)ncnc21. The van der Waals surface area contributed by atoms with E-state index >= 15 is 0 Å². The Kier molecular flexibility index (Phi) is 6.14. The van der Waals surface area contributed by atoms with Gasteiger partial charge in [0, 0.05) is 18.2 Å². The molecule has 0 unspecified atom stereocenters. The Bertz CT molecular complexity index is 487. The molecule has 4 N–H and O–H groups in total. The van der Waals surface area contributed by atoms with Crippen molar-refractivity contribution in [2.75, 3.05) is 18.9 Å². The molecule has 0 spiro atoms. The molecule has 1 aliphatic carbocycles. The van der Waals surface area contributed by atoms with Gasteiger partial charge in [-0.15, -0.1) is 0 Å². The van der Waals surface area contributed by atoms with Crippen molar-refractivity contribution < 1.29 is 5.11 Å². The Balaban J connectivity index is 1.82. The van der Waals surface area contributed by atoms with Crippen molar-refractivity contribution in [2.45, 2.75) is 51.5 Å². The topological polar surface area (TPSA) is 84.1 Å². The number of aliphatic hydroxyl groups excluding tert-OH is 1. The zero-order valence-electron chi connectivity index (χ0n) is 12.8. The normalized spacial score (nSPS) is 14.9. The molecule has 0 saturated carbocycles. The predicted octanol–water partition coefficient (Wildman–Crippen LogP) is 1.92. The van der Waals surface area contributed by atoms with Crippen LogP contribution in [0.25, 0.3) is 5.57 Å². The van der Waals surface area contributed by atoms with Crippen LogP contribution in [0.2, 0.25) is 0 Å². The van der Waals surface area contributed by atoms with Crippen molar-refractivity contribution in [3.63, 3.8) is 0 Å². The molecule has 1 atom stereocenters. The van der Waals surface area contributed by atoms with Crippen LogP contribution in [-0.4, -0.2) is 34.3 Å². The van der Waals surface area contributed by atoms with Crippen LogP contribution in [0.4, 0.5) is 5.82 Å². The average Bonchev–Trinajstić information content (AvgIpc) is 2.91. The van der Waals surface area contributed by atoms with Crippen LogP contribution >= 0.6 is 0 Å². The Labute approximate surface area is 126 Å². The fourth-order valence-corrected chi connectivity index (χ4v) is 2.71. The molecule has 0 bridgehead atoms. The molecule has 1 aliphatic rings. The van der Waals surface area contributed by atoms with E-state index in [1.807, 2.05) is 0 Å². The zero-order chi connectivity index (χ0) is 15.1. The number of allylic oxidation sites excluding steroid dienone is 1. The monoisotopic (exact) mass is 290 g/mol. The smallest absolute Gasteiger partial charge is 0.130 e. The molecule has 0 amide bonds. The lowest BCUT2D eigenvalue weighted by molar-refractivity contribution is 0.236. The van der Waals surface area contributed by atoms with Crippen molar-refractivity contribution in [1.29, 1.82) is 0 Å². The van der Waals surface area contributed by atoms with Crippen molar-refractivity contribution in [3.05, 3.63) is 23.7 Å². The third-order valence-corrected chi connectivity index (χ3v) is 4.04. The number of rotatable bonds is 9. The standard InChI is InChI=1S/C16H26N4O/c1-2-3-4-5-6-13(10-21)18-9-12-7-8-14-15(12)19-11-20-16(14)17/h7,11,13,18,21H,2-6,8-10H2,1H3,(H2,17,19,20)/t13-/m0/s1. The van der Waals surface area contributed by atoms with E-state index in [4.69, 9.17) is 5.73 Å². The summed E-state index contributed by atoms with van der Waals surface area (Å²) in [6.07, 6.45) is 10.4. The number of nitrogen functional groups attached to an aromatic ring is 1. The Morgan fingerprint density at radius 2 is 2.19 bits per heavy atom. The van der Waals surface area contributed by atoms with Gasteiger partial charge in [0.15, 0.2) is 0 Å². The summed E-state index contributed by atoms with van der Waals surface area (Å²) in [6.45, 7) is 3.11. The molecule has 1 aromatic heterocycles. The maximum atomic E-state index is 9.47. The molecule has 5 nitrogen and oxygen atoms in total. The number of hydrogen-bond donors (Lipinski definition) is 3. The molecule has 21 heavy (non-hydrogen) atoms. The first-order valence-electron chi connectivity index (χ1n) is 7.89. The minimum atomic E-state index is 0.158. The molecule has 116 valence electrons. The van der Waals surface area contributed by atoms with Gasteiger partial charge in [0.25, 0.3) is 0 Å². The fourth-order valence-electron chi connectivity index (χ4n) is 2.71. The van der Waals surface area contributed by atoms with E-state index in [1.165, 1.54) is 25.6 Å². The molecule has 5 heteroatoms. The zero-order valence-corrected chi connectivity index (χ0v) is 12.8. The quantitative estimate of drug-likeness (QED) is 0.605. The predicted molar refractivity (Wildman–Crippen MR) is 85.8 cm³/mol. The van der Waals surface area contributed by atoms with Crippen LogP contribution < -0.4 is 11.1 Å². The fraction of sp³-hybridized carbons (Fsp3) is 0.625. The van der Waals surface area contributed by atoms with Gasteiger partial charge in [0.05, 0.1) is 12.3 Å². The number of nitrogens with zero attached hydrogens (tertiary/aromatic N) is 2. The Morgan fingerprint density at radius 3 is 2.95 bits per heavy atom. The van der Waals surface area contributed by atoms with Crippen molar-refractivity contribution in [2.24, 2.45) is 0 Å². The highest BCUT2D eigenvalue weighted by Gasteiger charge is 2.19. The molecule has 1 aromatic rings. The van der Waals surface area contributed by atoms with E-state index in [9.17, 15) is 5.11 Å². The molecular weight excluding hydrogens is 264 g/mol. The summed E-state index contributed by atoms with van der Waals surface area (Å²) in [6, 6.07) is 0.158. The average molecular weight is 290 g/mol. The Morgan fingerprint density at radius 1 is 1.33 bits per heavy atom. The van der Waals surface area contributed by atoms with Crippen molar-refractivity contribution in [3.8, 4) is 0 Å². The molecule has 2 rings (SSSR count). The number of aliphatic hydroxyl groups is 1. The molecule has 0 fully saturated rings. The van der Waals surface area contributed by atoms with Crippen LogP contribution in [0.3, 0.4) is 0 Å². The van der Waals surface area contributed by atoms with Crippen LogP contribution in [0.15, 0.2) is 12.4 Å². The summed E-state index contributed by atoms with van der Waals surface area (Å²) in [5.41, 5.74) is 9.01. The number of hydrogen-bond acceptors (Lipinski definition) is 5. The molecule has 0 aromatic carbocycles. The van der Waals surface area contributed by atoms with E-state index in [0.29, 0.717) is 5.82 Å². The first kappa shape index (κ1) is 15.9. The van der Waals surface area contributed by atoms with Gasteiger partial charge in [-0.1, -0.05) is 38.7 Å². The van der Waals surface area contributed by atoms with Crippen LogP contribution in [-0.2, 0) is 6.42 Å². The van der Waals surface area contributed by atoms with Crippen LogP contribution in [0, 0.1) is 0 Å². The van der Waals surface area contributed by atoms with Gasteiger partial charge in [0.2, 0.25) is 0 Å². The summed E-state index contributed by atoms with van der Waals surface area (Å²) in [5, 5.41) is 12.9. The second kappa shape index (κ2) is 8.10. The molecule has 1 heterocycles. The van der Waals surface area contributed by atoms with Gasteiger partial charge in [0.1, 0.15) is 12.1 Å². The highest BCUT2D eigenvalue weighted by Crippen LogP contribution is 2.27. The van der Waals surface area contributed by atoms with E-state index in [-0.39, 0.29) is 12.6 Å². The summed E-state index contributed by atoms with van der Waals surface area (Å²) in [4.78, 5) is 8.36. The molecular formula is C16H26N4O. The highest BCUT2D eigenvalue weighted by molar-refractivity contribution is 5.74. The van der Waals surface area contributed by atoms with Crippen molar-refractivity contribution in [1.82, 2.24) is 15.3 Å². The van der Waals surface area contributed by atoms with Gasteiger partial charge in [-0.25, -0.2) is 9.97 Å². The lowest BCUT2D eigenvalue weighted by Gasteiger charge is -2.17. The van der Waals surface area contributed by atoms with Crippen LogP contribution in [0.1, 0.15) is 50.3 Å². The Hall–Kier alpha value is -1.46. The number of nitrogens with two attached hydrogens (primary N) is 1. The number of fused-ring (bicyclic) bond motifs is 1. The summed E-state index contributed by atoms with van der Waals surface area (Å²) >= 11 is 0. The third-order valence-electron chi connectivity index (χ3n) is 4.04. The first-order valence-corrected chi connectivity index (χ1v) is 7.89. The molecule has 0 radical (unpaired) electrons. The number of anilines is 1. The number of aromatic nitrogens is 2. The van der Waals surface area contributed by atoms with E-state index in [1.54, 1.807) is 0 Å². The summed E-state index contributed by atoms with van der Waals surface area (Å²) in [5.74, 6) is 0.574. The van der Waals surface area contributed by atoms with Gasteiger partial charge >= 0.3 is 0 Å². The second-order valence-electron chi connectivity index (χ2n) is 5.63. The van der Waals surface area contributed by atoms with Gasteiger partial charge in [-0.2, -0.15) is 0 Å². The highest BCUT2D eigenvalue weighted by atomic mass is 16.3. The van der Waals surface area contributed by atoms with Crippen molar-refractivity contribution >= 4 is 11.4 Å². The largest absolute Gasteiger partial charge is 0.395 e. The van der Waals surface area contributed by atoms with Gasteiger partial charge in [-0.05, 0) is 18.4 Å². The lowest BCUT2D eigenvalue weighted by Crippen LogP contribution is -2.33. The summed E-state index contributed by atoms with van der Waals surface area (Å²) in [7, 11) is 0. The minimum Gasteiger partial charge on any atom is -0.395 e. The van der Waals surface area contributed by atoms with Gasteiger partial charge < -0.3 is 16.2 Å². The van der Waals surface area contributed by atoms with E-state index in [2.05, 4.69) is 28.3 Å². The summed E-state index contributed by atoms with van der Waals surface area (Å²) < 4.78 is 0. The number of nitrogens with one attached hydrogen (secondary N) is 1. The van der Waals surface area contributed by atoms with Gasteiger partial charge in [-0.3, -0.25) is 0 Å². The lowest BCUT2D eigenvalue weighted by atomic mass is 10.1. The maximum Gasteiger partial charge on any atom is 0.130 e.